The number of amidine groups is 1. The second-order valence-corrected chi connectivity index (χ2v) is 4.11. The smallest absolute Gasteiger partial charge is 0.319 e. The first-order chi connectivity index (χ1) is 9.67. The van der Waals surface area contributed by atoms with E-state index in [4.69, 9.17) is 15.7 Å². The molecule has 20 heavy (non-hydrogen) atoms. The van der Waals surface area contributed by atoms with Gasteiger partial charge in [0.05, 0.1) is 5.69 Å². The van der Waals surface area contributed by atoms with E-state index >= 15 is 0 Å². The minimum atomic E-state index is -0.293. The maximum absolute atomic E-state index is 11.7. The molecule has 0 saturated heterocycles. The van der Waals surface area contributed by atoms with Gasteiger partial charge in [0.1, 0.15) is 12.4 Å². The summed E-state index contributed by atoms with van der Waals surface area (Å²) in [7, 11) is 0. The van der Waals surface area contributed by atoms with E-state index in [1.807, 2.05) is 0 Å². The SMILES string of the molecule is CCCCNC(=O)Nc1ccccc1OC/C(N)=N/O. The number of hydrogen-bond acceptors (Lipinski definition) is 4. The van der Waals surface area contributed by atoms with Crippen molar-refractivity contribution >= 4 is 17.6 Å². The minimum absolute atomic E-state index is 0.0489. The first-order valence-corrected chi connectivity index (χ1v) is 6.40. The standard InChI is InChI=1S/C13H20N4O3/c1-2-3-8-15-13(18)16-10-6-4-5-7-11(10)20-9-12(14)17-19/h4-7,19H,2-3,8-9H2,1H3,(H2,14,17)(H2,15,16,18). The average molecular weight is 280 g/mol. The van der Waals surface area contributed by atoms with Gasteiger partial charge in [0.2, 0.25) is 0 Å². The molecule has 0 heterocycles. The van der Waals surface area contributed by atoms with Crippen LogP contribution in [0.4, 0.5) is 10.5 Å². The average Bonchev–Trinajstić information content (AvgIpc) is 2.46. The normalized spacial score (nSPS) is 10.9. The first kappa shape index (κ1) is 15.6. The number of para-hydroxylation sites is 2. The predicted octanol–water partition coefficient (Wildman–Crippen LogP) is 1.73. The quantitative estimate of drug-likeness (QED) is 0.200. The number of nitrogens with zero attached hydrogens (tertiary/aromatic N) is 1. The van der Waals surface area contributed by atoms with Gasteiger partial charge in [-0.3, -0.25) is 0 Å². The molecular weight excluding hydrogens is 260 g/mol. The lowest BCUT2D eigenvalue weighted by Crippen LogP contribution is -2.29. The van der Waals surface area contributed by atoms with Gasteiger partial charge in [0.15, 0.2) is 5.84 Å². The van der Waals surface area contributed by atoms with Crippen LogP contribution in [0.25, 0.3) is 0 Å². The second-order valence-electron chi connectivity index (χ2n) is 4.11. The number of benzene rings is 1. The van der Waals surface area contributed by atoms with Gasteiger partial charge in [0.25, 0.3) is 0 Å². The molecule has 1 rings (SSSR count). The van der Waals surface area contributed by atoms with Gasteiger partial charge in [-0.15, -0.1) is 0 Å². The lowest BCUT2D eigenvalue weighted by atomic mass is 10.3. The molecule has 0 aliphatic rings. The van der Waals surface area contributed by atoms with E-state index in [1.54, 1.807) is 24.3 Å². The van der Waals surface area contributed by atoms with Crippen molar-refractivity contribution in [2.75, 3.05) is 18.5 Å². The largest absolute Gasteiger partial charge is 0.483 e. The summed E-state index contributed by atoms with van der Waals surface area (Å²) in [5.74, 6) is 0.400. The Bertz CT molecular complexity index is 463. The molecule has 2 amide bonds. The van der Waals surface area contributed by atoms with Crippen molar-refractivity contribution in [3.05, 3.63) is 24.3 Å². The van der Waals surface area contributed by atoms with Crippen molar-refractivity contribution < 1.29 is 14.7 Å². The molecule has 7 nitrogen and oxygen atoms in total. The van der Waals surface area contributed by atoms with Crippen LogP contribution in [0, 0.1) is 0 Å². The van der Waals surface area contributed by atoms with Crippen molar-refractivity contribution in [2.24, 2.45) is 10.9 Å². The highest BCUT2D eigenvalue weighted by molar-refractivity contribution is 5.91. The van der Waals surface area contributed by atoms with Crippen LogP contribution in [-0.4, -0.2) is 30.2 Å². The summed E-state index contributed by atoms with van der Waals surface area (Å²) in [5.41, 5.74) is 5.85. The molecule has 0 saturated carbocycles. The number of anilines is 1. The Kier molecular flexibility index (Phi) is 6.74. The van der Waals surface area contributed by atoms with E-state index in [1.165, 1.54) is 0 Å². The van der Waals surface area contributed by atoms with Crippen molar-refractivity contribution in [1.82, 2.24) is 5.32 Å². The molecule has 0 fully saturated rings. The molecular formula is C13H20N4O3. The number of amides is 2. The first-order valence-electron chi connectivity index (χ1n) is 6.40. The molecule has 1 aromatic carbocycles. The van der Waals surface area contributed by atoms with Crippen molar-refractivity contribution in [3.8, 4) is 5.75 Å². The Morgan fingerprint density at radius 3 is 2.90 bits per heavy atom. The molecule has 0 atom stereocenters. The predicted molar refractivity (Wildman–Crippen MR) is 77.3 cm³/mol. The zero-order valence-electron chi connectivity index (χ0n) is 11.4. The van der Waals surface area contributed by atoms with E-state index in [2.05, 4.69) is 22.7 Å². The number of rotatable bonds is 7. The van der Waals surface area contributed by atoms with Crippen LogP contribution in [0.5, 0.6) is 5.75 Å². The molecule has 0 aromatic heterocycles. The van der Waals surface area contributed by atoms with Crippen LogP contribution in [0.15, 0.2) is 29.4 Å². The summed E-state index contributed by atoms with van der Waals surface area (Å²) in [5, 5.41) is 16.7. The lowest BCUT2D eigenvalue weighted by Gasteiger charge is -2.12. The molecule has 0 bridgehead atoms. The zero-order valence-corrected chi connectivity index (χ0v) is 11.4. The highest BCUT2D eigenvalue weighted by atomic mass is 16.5. The number of carbonyl (C=O) groups excluding carboxylic acids is 1. The van der Waals surface area contributed by atoms with Gasteiger partial charge in [0, 0.05) is 6.54 Å². The fourth-order valence-corrected chi connectivity index (χ4v) is 1.42. The van der Waals surface area contributed by atoms with Gasteiger partial charge in [-0.25, -0.2) is 4.79 Å². The maximum atomic E-state index is 11.7. The molecule has 0 radical (unpaired) electrons. The molecule has 0 aliphatic heterocycles. The Morgan fingerprint density at radius 2 is 2.20 bits per heavy atom. The molecule has 0 aliphatic carbocycles. The van der Waals surface area contributed by atoms with Crippen LogP contribution >= 0.6 is 0 Å². The third-order valence-corrected chi connectivity index (χ3v) is 2.46. The van der Waals surface area contributed by atoms with Crippen LogP contribution in [0.3, 0.4) is 0 Å². The Balaban J connectivity index is 2.58. The number of nitrogens with two attached hydrogens (primary N) is 1. The van der Waals surface area contributed by atoms with Gasteiger partial charge in [-0.1, -0.05) is 30.6 Å². The van der Waals surface area contributed by atoms with Crippen LogP contribution in [0.1, 0.15) is 19.8 Å². The summed E-state index contributed by atoms with van der Waals surface area (Å²) in [6.45, 7) is 2.61. The van der Waals surface area contributed by atoms with Gasteiger partial charge < -0.3 is 26.3 Å². The summed E-state index contributed by atoms with van der Waals surface area (Å²) < 4.78 is 5.36. The van der Waals surface area contributed by atoms with Crippen molar-refractivity contribution in [2.45, 2.75) is 19.8 Å². The highest BCUT2D eigenvalue weighted by Gasteiger charge is 2.07. The zero-order chi connectivity index (χ0) is 14.8. The fourth-order valence-electron chi connectivity index (χ4n) is 1.42. The number of urea groups is 1. The molecule has 5 N–H and O–H groups in total. The minimum Gasteiger partial charge on any atom is -0.483 e. The number of carbonyl (C=O) groups is 1. The number of ether oxygens (including phenoxy) is 1. The third-order valence-electron chi connectivity index (χ3n) is 2.46. The van der Waals surface area contributed by atoms with E-state index in [0.717, 1.165) is 12.8 Å². The Hall–Kier alpha value is -2.44. The van der Waals surface area contributed by atoms with Gasteiger partial charge >= 0.3 is 6.03 Å². The second kappa shape index (κ2) is 8.63. The molecule has 110 valence electrons. The van der Waals surface area contributed by atoms with Crippen LogP contribution in [-0.2, 0) is 0 Å². The Morgan fingerprint density at radius 1 is 1.45 bits per heavy atom. The number of nitrogens with one attached hydrogen (secondary N) is 2. The highest BCUT2D eigenvalue weighted by Crippen LogP contribution is 2.23. The van der Waals surface area contributed by atoms with E-state index in [0.29, 0.717) is 18.0 Å². The molecule has 0 spiro atoms. The topological polar surface area (TPSA) is 109 Å². The number of hydrogen-bond donors (Lipinski definition) is 4. The summed E-state index contributed by atoms with van der Waals surface area (Å²) in [6, 6.07) is 6.64. The van der Waals surface area contributed by atoms with Crippen molar-refractivity contribution in [3.63, 3.8) is 0 Å². The summed E-state index contributed by atoms with van der Waals surface area (Å²) >= 11 is 0. The maximum Gasteiger partial charge on any atom is 0.319 e. The molecule has 0 unspecified atom stereocenters. The van der Waals surface area contributed by atoms with Crippen molar-refractivity contribution in [1.29, 1.82) is 0 Å². The Labute approximate surface area is 117 Å². The van der Waals surface area contributed by atoms with Gasteiger partial charge in [-0.2, -0.15) is 0 Å². The molecule has 7 heteroatoms. The third kappa shape index (κ3) is 5.47. The fraction of sp³-hybridized carbons (Fsp3) is 0.385. The van der Waals surface area contributed by atoms with Crippen LogP contribution in [0.2, 0.25) is 0 Å². The number of unbranched alkanes of at least 4 members (excludes halogenated alkanes) is 1. The lowest BCUT2D eigenvalue weighted by molar-refractivity contribution is 0.251. The summed E-state index contributed by atoms with van der Waals surface area (Å²) in [6.07, 6.45) is 1.94. The van der Waals surface area contributed by atoms with E-state index in [-0.39, 0.29) is 18.5 Å². The van der Waals surface area contributed by atoms with Gasteiger partial charge in [-0.05, 0) is 18.6 Å². The number of oxime groups is 1. The molecule has 1 aromatic rings. The van der Waals surface area contributed by atoms with E-state index in [9.17, 15) is 4.79 Å². The monoisotopic (exact) mass is 280 g/mol. The van der Waals surface area contributed by atoms with Crippen LogP contribution < -0.4 is 21.1 Å². The summed E-state index contributed by atoms with van der Waals surface area (Å²) in [4.78, 5) is 11.7. The van der Waals surface area contributed by atoms with E-state index < -0.39 is 0 Å².